The summed E-state index contributed by atoms with van der Waals surface area (Å²) in [5.41, 5.74) is 2.04. The molecule has 0 aromatic heterocycles. The molecule has 0 fully saturated rings. The first-order valence-electron chi connectivity index (χ1n) is 8.07. The van der Waals surface area contributed by atoms with Crippen molar-refractivity contribution in [3.63, 3.8) is 0 Å². The maximum Gasteiger partial charge on any atom is 0.171 e. The smallest absolute Gasteiger partial charge is 0.171 e. The van der Waals surface area contributed by atoms with Crippen LogP contribution in [0.15, 0.2) is 48.5 Å². The summed E-state index contributed by atoms with van der Waals surface area (Å²) in [6.07, 6.45) is 0. The first-order valence-corrected chi connectivity index (χ1v) is 8.48. The molecule has 24 heavy (non-hydrogen) atoms. The molecule has 2 aromatic rings. The molecule has 0 aliphatic rings. The van der Waals surface area contributed by atoms with Crippen LogP contribution in [-0.4, -0.2) is 24.4 Å². The predicted molar refractivity (Wildman–Crippen MR) is 103 cm³/mol. The zero-order valence-electron chi connectivity index (χ0n) is 14.3. The molecule has 0 heterocycles. The summed E-state index contributed by atoms with van der Waals surface area (Å²) in [4.78, 5) is 0. The molecule has 0 aliphatic carbocycles. The molecule has 0 saturated heterocycles. The Bertz CT molecular complexity index is 659. The van der Waals surface area contributed by atoms with Crippen molar-refractivity contribution >= 4 is 23.0 Å². The van der Waals surface area contributed by atoms with E-state index >= 15 is 0 Å². The van der Waals surface area contributed by atoms with Crippen molar-refractivity contribution in [1.29, 1.82) is 0 Å². The third-order valence-corrected chi connectivity index (χ3v) is 3.60. The Labute approximate surface area is 149 Å². The summed E-state index contributed by atoms with van der Waals surface area (Å²) in [6.45, 7) is 7.22. The fraction of sp³-hybridized carbons (Fsp3) is 0.316. The summed E-state index contributed by atoms with van der Waals surface area (Å²) in [5.74, 6) is 1.75. The van der Waals surface area contributed by atoms with Crippen LogP contribution in [0.4, 0.5) is 5.69 Å². The van der Waals surface area contributed by atoms with Crippen molar-refractivity contribution in [3.8, 4) is 11.5 Å². The highest BCUT2D eigenvalue weighted by Crippen LogP contribution is 2.17. The topological polar surface area (TPSA) is 42.5 Å². The van der Waals surface area contributed by atoms with E-state index in [1.54, 1.807) is 0 Å². The third kappa shape index (κ3) is 5.74. The molecule has 1 atom stereocenters. The zero-order chi connectivity index (χ0) is 17.4. The second-order valence-electron chi connectivity index (χ2n) is 5.53. The molecular formula is C19H24N2O2S. The first-order chi connectivity index (χ1) is 11.6. The van der Waals surface area contributed by atoms with Gasteiger partial charge in [0.1, 0.15) is 18.1 Å². The lowest BCUT2D eigenvalue weighted by atomic mass is 10.2. The fourth-order valence-corrected chi connectivity index (χ4v) is 2.49. The number of nitrogens with one attached hydrogen (secondary N) is 2. The number of para-hydroxylation sites is 1. The Morgan fingerprint density at radius 3 is 2.46 bits per heavy atom. The minimum Gasteiger partial charge on any atom is -0.494 e. The standard InChI is InChI=1S/C19H24N2O2S/c1-4-22-17-11-9-16(10-12-17)21-19(24)20-15(3)13-23-18-8-6-5-7-14(18)2/h5-12,15H,4,13H2,1-3H3,(H2,20,21,24). The summed E-state index contributed by atoms with van der Waals surface area (Å²) < 4.78 is 11.2. The van der Waals surface area contributed by atoms with Gasteiger partial charge in [-0.1, -0.05) is 18.2 Å². The second kappa shape index (κ2) is 9.13. The van der Waals surface area contributed by atoms with Crippen molar-refractivity contribution in [1.82, 2.24) is 5.32 Å². The second-order valence-corrected chi connectivity index (χ2v) is 5.94. The van der Waals surface area contributed by atoms with Crippen molar-refractivity contribution in [2.24, 2.45) is 0 Å². The van der Waals surface area contributed by atoms with Gasteiger partial charge in [-0.05, 0) is 68.9 Å². The molecule has 2 rings (SSSR count). The summed E-state index contributed by atoms with van der Waals surface area (Å²) in [6, 6.07) is 15.8. The van der Waals surface area contributed by atoms with Gasteiger partial charge in [-0.2, -0.15) is 0 Å². The molecule has 2 aromatic carbocycles. The maximum atomic E-state index is 5.83. The van der Waals surface area contributed by atoms with Gasteiger partial charge in [-0.25, -0.2) is 0 Å². The molecule has 0 radical (unpaired) electrons. The number of anilines is 1. The average Bonchev–Trinajstić information content (AvgIpc) is 2.56. The maximum absolute atomic E-state index is 5.83. The lowest BCUT2D eigenvalue weighted by Gasteiger charge is -2.18. The molecule has 4 nitrogen and oxygen atoms in total. The number of benzene rings is 2. The van der Waals surface area contributed by atoms with E-state index in [-0.39, 0.29) is 6.04 Å². The van der Waals surface area contributed by atoms with Crippen LogP contribution in [0.3, 0.4) is 0 Å². The van der Waals surface area contributed by atoms with Crippen molar-refractivity contribution in [2.75, 3.05) is 18.5 Å². The largest absolute Gasteiger partial charge is 0.494 e. The van der Waals surface area contributed by atoms with E-state index in [2.05, 4.69) is 10.6 Å². The number of thiocarbonyl (C=S) groups is 1. The fourth-order valence-electron chi connectivity index (χ4n) is 2.17. The predicted octanol–water partition coefficient (Wildman–Crippen LogP) is 4.15. The number of rotatable bonds is 7. The quantitative estimate of drug-likeness (QED) is 0.739. The number of hydrogen-bond donors (Lipinski definition) is 2. The molecular weight excluding hydrogens is 320 g/mol. The van der Waals surface area contributed by atoms with E-state index in [0.29, 0.717) is 18.3 Å². The Morgan fingerprint density at radius 2 is 1.79 bits per heavy atom. The van der Waals surface area contributed by atoms with Gasteiger partial charge in [0.05, 0.1) is 12.6 Å². The van der Waals surface area contributed by atoms with E-state index in [1.165, 1.54) is 0 Å². The Kier molecular flexibility index (Phi) is 6.88. The number of aryl methyl sites for hydroxylation is 1. The van der Waals surface area contributed by atoms with Crippen molar-refractivity contribution < 1.29 is 9.47 Å². The van der Waals surface area contributed by atoms with Crippen LogP contribution >= 0.6 is 12.2 Å². The van der Waals surface area contributed by atoms with Crippen molar-refractivity contribution in [3.05, 3.63) is 54.1 Å². The van der Waals surface area contributed by atoms with Gasteiger partial charge < -0.3 is 20.1 Å². The highest BCUT2D eigenvalue weighted by Gasteiger charge is 2.07. The number of hydrogen-bond acceptors (Lipinski definition) is 3. The molecule has 128 valence electrons. The molecule has 0 saturated carbocycles. The van der Waals surface area contributed by atoms with Crippen LogP contribution in [0.2, 0.25) is 0 Å². The number of ether oxygens (including phenoxy) is 2. The van der Waals surface area contributed by atoms with Crippen molar-refractivity contribution in [2.45, 2.75) is 26.8 Å². The normalized spacial score (nSPS) is 11.5. The summed E-state index contributed by atoms with van der Waals surface area (Å²) >= 11 is 5.34. The molecule has 2 N–H and O–H groups in total. The van der Waals surface area contributed by atoms with Crippen LogP contribution in [0.25, 0.3) is 0 Å². The van der Waals surface area contributed by atoms with Crippen LogP contribution < -0.4 is 20.1 Å². The SMILES string of the molecule is CCOc1ccc(NC(=S)NC(C)COc2ccccc2C)cc1. The zero-order valence-corrected chi connectivity index (χ0v) is 15.2. The Balaban J connectivity index is 1.78. The minimum absolute atomic E-state index is 0.0901. The first kappa shape index (κ1) is 18.1. The molecule has 0 bridgehead atoms. The van der Waals surface area contributed by atoms with E-state index < -0.39 is 0 Å². The van der Waals surface area contributed by atoms with E-state index in [4.69, 9.17) is 21.7 Å². The lowest BCUT2D eigenvalue weighted by Crippen LogP contribution is -2.39. The van der Waals surface area contributed by atoms with Crippen LogP contribution in [0, 0.1) is 6.92 Å². The van der Waals surface area contributed by atoms with Crippen LogP contribution in [-0.2, 0) is 0 Å². The Morgan fingerprint density at radius 1 is 1.08 bits per heavy atom. The van der Waals surface area contributed by atoms with Crippen LogP contribution in [0.5, 0.6) is 11.5 Å². The molecule has 0 amide bonds. The summed E-state index contributed by atoms with van der Waals surface area (Å²) in [7, 11) is 0. The van der Waals surface area contributed by atoms with Gasteiger partial charge >= 0.3 is 0 Å². The van der Waals surface area contributed by atoms with Gasteiger partial charge in [0.2, 0.25) is 0 Å². The summed E-state index contributed by atoms with van der Waals surface area (Å²) in [5, 5.41) is 6.95. The van der Waals surface area contributed by atoms with E-state index in [0.717, 1.165) is 22.7 Å². The van der Waals surface area contributed by atoms with E-state index in [1.807, 2.05) is 69.3 Å². The van der Waals surface area contributed by atoms with Gasteiger partial charge in [0, 0.05) is 5.69 Å². The van der Waals surface area contributed by atoms with Gasteiger partial charge in [-0.15, -0.1) is 0 Å². The molecule has 0 spiro atoms. The average molecular weight is 344 g/mol. The van der Waals surface area contributed by atoms with Crippen LogP contribution in [0.1, 0.15) is 19.4 Å². The highest BCUT2D eigenvalue weighted by atomic mass is 32.1. The minimum atomic E-state index is 0.0901. The monoisotopic (exact) mass is 344 g/mol. The Hall–Kier alpha value is -2.27. The lowest BCUT2D eigenvalue weighted by molar-refractivity contribution is 0.285. The van der Waals surface area contributed by atoms with Gasteiger partial charge in [0.15, 0.2) is 5.11 Å². The molecule has 1 unspecified atom stereocenters. The van der Waals surface area contributed by atoms with Gasteiger partial charge in [0.25, 0.3) is 0 Å². The van der Waals surface area contributed by atoms with Gasteiger partial charge in [-0.3, -0.25) is 0 Å². The molecule has 5 heteroatoms. The third-order valence-electron chi connectivity index (χ3n) is 3.38. The van der Waals surface area contributed by atoms with E-state index in [9.17, 15) is 0 Å². The highest BCUT2D eigenvalue weighted by molar-refractivity contribution is 7.80. The molecule has 0 aliphatic heterocycles.